The first-order valence-corrected chi connectivity index (χ1v) is 11.5. The number of likely N-dealkylation sites (tertiary alicyclic amines) is 1. The minimum absolute atomic E-state index is 0.0191. The van der Waals surface area contributed by atoms with E-state index in [9.17, 15) is 19.2 Å². The van der Waals surface area contributed by atoms with Crippen LogP contribution in [0.15, 0.2) is 48.5 Å². The Bertz CT molecular complexity index is 1050. The zero-order valence-electron chi connectivity index (χ0n) is 19.4. The Morgan fingerprint density at radius 1 is 0.912 bits per heavy atom. The van der Waals surface area contributed by atoms with Gasteiger partial charge in [0, 0.05) is 12.1 Å². The van der Waals surface area contributed by atoms with Crippen molar-refractivity contribution in [3.63, 3.8) is 0 Å². The number of esters is 1. The van der Waals surface area contributed by atoms with Crippen LogP contribution < -0.4 is 4.74 Å². The Labute approximate surface area is 198 Å². The number of benzene rings is 2. The molecule has 0 N–H and O–H groups in total. The Morgan fingerprint density at radius 2 is 1.50 bits per heavy atom. The van der Waals surface area contributed by atoms with Gasteiger partial charge in [-0.05, 0) is 69.5 Å². The third-order valence-corrected chi connectivity index (χ3v) is 6.36. The zero-order valence-corrected chi connectivity index (χ0v) is 19.4. The highest BCUT2D eigenvalue weighted by atomic mass is 16.5. The molecule has 2 aliphatic heterocycles. The summed E-state index contributed by atoms with van der Waals surface area (Å²) in [5.41, 5.74) is 1.02. The van der Waals surface area contributed by atoms with Crippen LogP contribution in [0.2, 0.25) is 0 Å². The van der Waals surface area contributed by atoms with Gasteiger partial charge in [-0.1, -0.05) is 12.1 Å². The normalized spacial score (nSPS) is 19.7. The maximum atomic E-state index is 12.6. The van der Waals surface area contributed by atoms with Crippen LogP contribution in [0, 0.1) is 0 Å². The average molecular weight is 465 g/mol. The number of rotatable bonds is 7. The van der Waals surface area contributed by atoms with E-state index in [4.69, 9.17) is 9.47 Å². The molecule has 2 aromatic rings. The van der Waals surface area contributed by atoms with E-state index >= 15 is 0 Å². The van der Waals surface area contributed by atoms with Gasteiger partial charge >= 0.3 is 5.97 Å². The van der Waals surface area contributed by atoms with Crippen molar-refractivity contribution in [2.45, 2.75) is 45.2 Å². The fourth-order valence-electron chi connectivity index (χ4n) is 4.57. The summed E-state index contributed by atoms with van der Waals surface area (Å²) in [6.45, 7) is 3.93. The molecule has 2 atom stereocenters. The lowest BCUT2D eigenvalue weighted by molar-refractivity contribution is -0.139. The van der Waals surface area contributed by atoms with Gasteiger partial charge in [-0.2, -0.15) is 0 Å². The molecule has 34 heavy (non-hydrogen) atoms. The third kappa shape index (κ3) is 4.81. The molecular formula is C26H28N2O6. The molecule has 8 heteroatoms. The number of hydrogen-bond donors (Lipinski definition) is 0. The molecule has 2 aliphatic rings. The van der Waals surface area contributed by atoms with Gasteiger partial charge in [0.25, 0.3) is 17.7 Å². The van der Waals surface area contributed by atoms with E-state index in [2.05, 4.69) is 13.8 Å². The van der Waals surface area contributed by atoms with Crippen LogP contribution in [0.4, 0.5) is 0 Å². The molecule has 0 spiro atoms. The number of fused-ring (bicyclic) bond motifs is 1. The third-order valence-electron chi connectivity index (χ3n) is 6.36. The molecule has 0 aromatic heterocycles. The second kappa shape index (κ2) is 10.1. The van der Waals surface area contributed by atoms with Crippen molar-refractivity contribution in [2.24, 2.45) is 0 Å². The minimum Gasteiger partial charge on any atom is -0.484 e. The number of amides is 3. The number of piperidine rings is 1. The van der Waals surface area contributed by atoms with Crippen LogP contribution in [0.5, 0.6) is 5.75 Å². The lowest BCUT2D eigenvalue weighted by Crippen LogP contribution is -2.49. The monoisotopic (exact) mass is 464 g/mol. The lowest BCUT2D eigenvalue weighted by atomic mass is 9.97. The molecule has 2 aromatic carbocycles. The van der Waals surface area contributed by atoms with E-state index < -0.39 is 5.97 Å². The molecular weight excluding hydrogens is 436 g/mol. The molecule has 0 bridgehead atoms. The largest absolute Gasteiger partial charge is 0.484 e. The van der Waals surface area contributed by atoms with Gasteiger partial charge in [0.15, 0.2) is 6.61 Å². The lowest BCUT2D eigenvalue weighted by Gasteiger charge is -2.38. The number of carbonyl (C=O) groups is 4. The van der Waals surface area contributed by atoms with Crippen molar-refractivity contribution in [1.29, 1.82) is 0 Å². The average Bonchev–Trinajstić information content (AvgIpc) is 3.08. The summed E-state index contributed by atoms with van der Waals surface area (Å²) in [7, 11) is 0. The van der Waals surface area contributed by atoms with Gasteiger partial charge in [0.2, 0.25) is 0 Å². The second-order valence-corrected chi connectivity index (χ2v) is 8.69. The first kappa shape index (κ1) is 23.5. The highest BCUT2D eigenvalue weighted by Gasteiger charge is 2.35. The predicted molar refractivity (Wildman–Crippen MR) is 124 cm³/mol. The van der Waals surface area contributed by atoms with Crippen LogP contribution in [0.25, 0.3) is 0 Å². The van der Waals surface area contributed by atoms with Crippen molar-refractivity contribution < 1.29 is 28.7 Å². The highest BCUT2D eigenvalue weighted by Crippen LogP contribution is 2.24. The number of hydrogen-bond acceptors (Lipinski definition) is 6. The van der Waals surface area contributed by atoms with Crippen molar-refractivity contribution in [1.82, 2.24) is 9.80 Å². The predicted octanol–water partition coefficient (Wildman–Crippen LogP) is 3.31. The summed E-state index contributed by atoms with van der Waals surface area (Å²) < 4.78 is 10.9. The molecule has 0 aliphatic carbocycles. The number of ether oxygens (including phenoxy) is 2. The Morgan fingerprint density at radius 3 is 2.09 bits per heavy atom. The molecule has 3 amide bonds. The van der Waals surface area contributed by atoms with E-state index in [1.165, 1.54) is 0 Å². The van der Waals surface area contributed by atoms with E-state index in [1.54, 1.807) is 48.5 Å². The topological polar surface area (TPSA) is 93.2 Å². The number of imide groups is 1. The number of carbonyl (C=O) groups excluding carboxylic acids is 4. The summed E-state index contributed by atoms with van der Waals surface area (Å²) in [6, 6.07) is 13.3. The maximum Gasteiger partial charge on any atom is 0.338 e. The van der Waals surface area contributed by atoms with Gasteiger partial charge < -0.3 is 14.4 Å². The second-order valence-electron chi connectivity index (χ2n) is 8.69. The summed E-state index contributed by atoms with van der Waals surface area (Å²) in [6.07, 6.45) is 3.13. The highest BCUT2D eigenvalue weighted by molar-refractivity contribution is 6.21. The number of nitrogens with zero attached hydrogens (tertiary/aromatic N) is 2. The van der Waals surface area contributed by atoms with Crippen LogP contribution >= 0.6 is 0 Å². The molecule has 0 radical (unpaired) electrons. The summed E-state index contributed by atoms with van der Waals surface area (Å²) in [5, 5.41) is 0. The van der Waals surface area contributed by atoms with Crippen molar-refractivity contribution in [2.75, 3.05) is 19.8 Å². The van der Waals surface area contributed by atoms with Crippen LogP contribution in [0.3, 0.4) is 0 Å². The van der Waals surface area contributed by atoms with Gasteiger partial charge in [-0.3, -0.25) is 19.3 Å². The fraction of sp³-hybridized carbons (Fsp3) is 0.385. The Balaban J connectivity index is 1.25. The minimum atomic E-state index is -0.574. The molecule has 1 fully saturated rings. The molecule has 2 unspecified atom stereocenters. The molecule has 4 rings (SSSR count). The van der Waals surface area contributed by atoms with Gasteiger partial charge in [-0.15, -0.1) is 0 Å². The van der Waals surface area contributed by atoms with E-state index in [0.29, 0.717) is 22.4 Å². The van der Waals surface area contributed by atoms with Crippen LogP contribution in [-0.4, -0.2) is 65.3 Å². The first-order valence-electron chi connectivity index (χ1n) is 11.5. The van der Waals surface area contributed by atoms with E-state index in [-0.39, 0.29) is 49.6 Å². The van der Waals surface area contributed by atoms with Crippen molar-refractivity contribution in [3.8, 4) is 5.75 Å². The van der Waals surface area contributed by atoms with Crippen molar-refractivity contribution >= 4 is 23.7 Å². The first-order chi connectivity index (χ1) is 16.4. The Hall–Kier alpha value is -3.68. The van der Waals surface area contributed by atoms with Crippen LogP contribution in [-0.2, 0) is 9.53 Å². The molecule has 178 valence electrons. The summed E-state index contributed by atoms with van der Waals surface area (Å²) >= 11 is 0. The quantitative estimate of drug-likeness (QED) is 0.461. The smallest absolute Gasteiger partial charge is 0.338 e. The van der Waals surface area contributed by atoms with E-state index in [0.717, 1.165) is 24.2 Å². The summed E-state index contributed by atoms with van der Waals surface area (Å²) in [5.74, 6) is -0.915. The van der Waals surface area contributed by atoms with Gasteiger partial charge in [0.05, 0.1) is 23.2 Å². The molecule has 8 nitrogen and oxygen atoms in total. The maximum absolute atomic E-state index is 12.6. The van der Waals surface area contributed by atoms with Crippen molar-refractivity contribution in [3.05, 3.63) is 65.2 Å². The molecule has 0 saturated carbocycles. The fourth-order valence-corrected chi connectivity index (χ4v) is 4.57. The van der Waals surface area contributed by atoms with Gasteiger partial charge in [0.1, 0.15) is 12.4 Å². The Kier molecular flexibility index (Phi) is 6.95. The van der Waals surface area contributed by atoms with E-state index in [1.807, 2.05) is 4.90 Å². The standard InChI is InChI=1S/C26H28N2O6/c1-17-6-5-7-18(2)28(17)23(29)16-34-20-12-10-19(11-13-20)26(32)33-15-14-27-24(30)21-8-3-4-9-22(21)25(27)31/h3-4,8-13,17-18H,5-7,14-16H2,1-2H3. The molecule has 2 heterocycles. The molecule has 1 saturated heterocycles. The van der Waals surface area contributed by atoms with Crippen LogP contribution in [0.1, 0.15) is 64.2 Å². The zero-order chi connectivity index (χ0) is 24.2. The van der Waals surface area contributed by atoms with Gasteiger partial charge in [-0.25, -0.2) is 4.79 Å². The summed E-state index contributed by atoms with van der Waals surface area (Å²) in [4.78, 5) is 52.6. The SMILES string of the molecule is CC1CCCC(C)N1C(=O)COc1ccc(C(=O)OCCN2C(=O)c3ccccc3C2=O)cc1.